The summed E-state index contributed by atoms with van der Waals surface area (Å²) in [5.41, 5.74) is 1.48. The van der Waals surface area contributed by atoms with E-state index in [1.54, 1.807) is 37.4 Å². The first-order chi connectivity index (χ1) is 12.0. The molecule has 0 N–H and O–H groups in total. The normalized spacial score (nSPS) is 10.7. The van der Waals surface area contributed by atoms with Gasteiger partial charge in [0.1, 0.15) is 5.82 Å². The van der Waals surface area contributed by atoms with Gasteiger partial charge in [0.25, 0.3) is 0 Å². The van der Waals surface area contributed by atoms with Gasteiger partial charge < -0.3 is 9.42 Å². The second-order valence-electron chi connectivity index (χ2n) is 5.58. The molecule has 1 heterocycles. The van der Waals surface area contributed by atoms with Gasteiger partial charge in [-0.25, -0.2) is 4.39 Å². The van der Waals surface area contributed by atoms with Crippen LogP contribution in [0.3, 0.4) is 0 Å². The first kappa shape index (κ1) is 17.1. The lowest BCUT2D eigenvalue weighted by atomic mass is 10.1. The van der Waals surface area contributed by atoms with Gasteiger partial charge in [-0.05, 0) is 29.8 Å². The lowest BCUT2D eigenvalue weighted by Gasteiger charge is -2.14. The summed E-state index contributed by atoms with van der Waals surface area (Å²) in [5, 5.41) is 4.49. The Bertz CT molecular complexity index is 880. The van der Waals surface area contributed by atoms with Crippen molar-refractivity contribution in [3.8, 4) is 11.4 Å². The van der Waals surface area contributed by atoms with E-state index < -0.39 is 0 Å². The van der Waals surface area contributed by atoms with E-state index in [2.05, 4.69) is 10.1 Å². The second-order valence-corrected chi connectivity index (χ2v) is 6.01. The smallest absolute Gasteiger partial charge is 0.246 e. The molecule has 25 heavy (non-hydrogen) atoms. The van der Waals surface area contributed by atoms with Crippen molar-refractivity contribution < 1.29 is 13.7 Å². The van der Waals surface area contributed by atoms with Gasteiger partial charge in [-0.2, -0.15) is 4.98 Å². The molecule has 0 unspecified atom stereocenters. The topological polar surface area (TPSA) is 59.2 Å². The Balaban J connectivity index is 1.64. The van der Waals surface area contributed by atoms with Crippen LogP contribution in [0.15, 0.2) is 53.1 Å². The highest BCUT2D eigenvalue weighted by atomic mass is 35.5. The number of aromatic nitrogens is 2. The molecule has 1 amide bonds. The number of halogens is 2. The Hall–Kier alpha value is -2.73. The molecule has 0 fully saturated rings. The fourth-order valence-electron chi connectivity index (χ4n) is 2.27. The van der Waals surface area contributed by atoms with Crippen molar-refractivity contribution in [3.63, 3.8) is 0 Å². The Morgan fingerprint density at radius 3 is 2.72 bits per heavy atom. The largest absolute Gasteiger partial charge is 0.337 e. The molecule has 0 aliphatic carbocycles. The van der Waals surface area contributed by atoms with Crippen molar-refractivity contribution >= 4 is 17.5 Å². The summed E-state index contributed by atoms with van der Waals surface area (Å²) in [7, 11) is 1.65. The molecule has 7 heteroatoms. The minimum Gasteiger partial charge on any atom is -0.337 e. The minimum absolute atomic E-state index is 0.130. The van der Waals surface area contributed by atoms with E-state index in [1.807, 2.05) is 6.07 Å². The molecule has 128 valence electrons. The molecular weight excluding hydrogens is 345 g/mol. The molecule has 5 nitrogen and oxygen atoms in total. The molecule has 0 saturated heterocycles. The molecule has 0 atom stereocenters. The van der Waals surface area contributed by atoms with E-state index in [9.17, 15) is 9.18 Å². The number of nitrogens with zero attached hydrogens (tertiary/aromatic N) is 3. The van der Waals surface area contributed by atoms with Gasteiger partial charge in [0.05, 0.1) is 13.0 Å². The first-order valence-electron chi connectivity index (χ1n) is 7.58. The number of hydrogen-bond acceptors (Lipinski definition) is 4. The van der Waals surface area contributed by atoms with Crippen LogP contribution in [0.25, 0.3) is 11.4 Å². The summed E-state index contributed by atoms with van der Waals surface area (Å²) >= 11 is 5.95. The van der Waals surface area contributed by atoms with Gasteiger partial charge in [-0.15, -0.1) is 0 Å². The summed E-state index contributed by atoms with van der Waals surface area (Å²) in [6, 6.07) is 13.0. The standard InChI is InChI=1S/C18H15ClFN3O2/c1-23(17(24)9-12-5-7-15(20)8-6-12)11-16-21-18(22-25-16)13-3-2-4-14(19)10-13/h2-8,10H,9,11H2,1H3. The molecule has 3 aromatic rings. The number of likely N-dealkylation sites (N-methyl/N-ethyl adjacent to an activating group) is 1. The molecule has 0 saturated carbocycles. The predicted molar refractivity (Wildman–Crippen MR) is 91.3 cm³/mol. The minimum atomic E-state index is -0.330. The quantitative estimate of drug-likeness (QED) is 0.696. The fraction of sp³-hybridized carbons (Fsp3) is 0.167. The summed E-state index contributed by atoms with van der Waals surface area (Å²) in [6.45, 7) is 0.188. The van der Waals surface area contributed by atoms with Crippen LogP contribution in [-0.4, -0.2) is 28.0 Å². The van der Waals surface area contributed by atoms with E-state index in [0.29, 0.717) is 16.7 Å². The van der Waals surface area contributed by atoms with Crippen molar-refractivity contribution in [3.05, 3.63) is 70.8 Å². The van der Waals surface area contributed by atoms with Crippen LogP contribution in [0.4, 0.5) is 4.39 Å². The van der Waals surface area contributed by atoms with Gasteiger partial charge in [0.15, 0.2) is 0 Å². The van der Waals surface area contributed by atoms with Gasteiger partial charge in [0.2, 0.25) is 17.6 Å². The Labute approximate surface area is 149 Å². The SMILES string of the molecule is CN(Cc1nc(-c2cccc(Cl)c2)no1)C(=O)Cc1ccc(F)cc1. The molecule has 0 spiro atoms. The van der Waals surface area contributed by atoms with Crippen LogP contribution < -0.4 is 0 Å². The molecule has 0 aliphatic heterocycles. The lowest BCUT2D eigenvalue weighted by Crippen LogP contribution is -2.27. The van der Waals surface area contributed by atoms with Crippen LogP contribution in [0.1, 0.15) is 11.5 Å². The number of rotatable bonds is 5. The summed E-state index contributed by atoms with van der Waals surface area (Å²) in [5.74, 6) is 0.278. The van der Waals surface area contributed by atoms with Gasteiger partial charge in [-0.1, -0.05) is 41.0 Å². The third kappa shape index (κ3) is 4.42. The van der Waals surface area contributed by atoms with Crippen LogP contribution >= 0.6 is 11.6 Å². The monoisotopic (exact) mass is 359 g/mol. The van der Waals surface area contributed by atoms with Crippen LogP contribution in [-0.2, 0) is 17.8 Å². The second kappa shape index (κ2) is 7.44. The number of carbonyl (C=O) groups excluding carboxylic acids is 1. The van der Waals surface area contributed by atoms with Crippen LogP contribution in [0.2, 0.25) is 5.02 Å². The predicted octanol–water partition coefficient (Wildman–Crippen LogP) is 3.73. The third-order valence-corrected chi connectivity index (χ3v) is 3.85. The highest BCUT2D eigenvalue weighted by molar-refractivity contribution is 6.30. The zero-order valence-corrected chi connectivity index (χ0v) is 14.2. The van der Waals surface area contributed by atoms with E-state index in [0.717, 1.165) is 11.1 Å². The van der Waals surface area contributed by atoms with Gasteiger partial charge in [0, 0.05) is 17.6 Å². The van der Waals surface area contributed by atoms with Crippen LogP contribution in [0, 0.1) is 5.82 Å². The fourth-order valence-corrected chi connectivity index (χ4v) is 2.46. The highest BCUT2D eigenvalue weighted by Gasteiger charge is 2.15. The maximum absolute atomic E-state index is 12.9. The van der Waals surface area contributed by atoms with Crippen molar-refractivity contribution in [1.29, 1.82) is 0 Å². The maximum Gasteiger partial charge on any atom is 0.246 e. The highest BCUT2D eigenvalue weighted by Crippen LogP contribution is 2.20. The maximum atomic E-state index is 12.9. The Morgan fingerprint density at radius 1 is 1.24 bits per heavy atom. The Morgan fingerprint density at radius 2 is 2.00 bits per heavy atom. The number of benzene rings is 2. The molecule has 0 bridgehead atoms. The first-order valence-corrected chi connectivity index (χ1v) is 7.96. The summed E-state index contributed by atoms with van der Waals surface area (Å²) in [4.78, 5) is 18.0. The Kier molecular flexibility index (Phi) is 5.09. The number of amides is 1. The molecule has 3 rings (SSSR count). The van der Waals surface area contributed by atoms with E-state index in [1.165, 1.54) is 17.0 Å². The summed E-state index contributed by atoms with van der Waals surface area (Å²) < 4.78 is 18.1. The van der Waals surface area contributed by atoms with E-state index >= 15 is 0 Å². The zero-order valence-electron chi connectivity index (χ0n) is 13.4. The molecule has 0 aliphatic rings. The zero-order chi connectivity index (χ0) is 17.8. The van der Waals surface area contributed by atoms with Gasteiger partial charge >= 0.3 is 0 Å². The molecule has 0 radical (unpaired) electrons. The molecule has 2 aromatic carbocycles. The van der Waals surface area contributed by atoms with E-state index in [4.69, 9.17) is 16.1 Å². The van der Waals surface area contributed by atoms with E-state index in [-0.39, 0.29) is 24.7 Å². The molecular formula is C18H15ClFN3O2. The number of hydrogen-bond donors (Lipinski definition) is 0. The lowest BCUT2D eigenvalue weighted by molar-refractivity contribution is -0.130. The average molecular weight is 360 g/mol. The van der Waals surface area contributed by atoms with Crippen molar-refractivity contribution in [1.82, 2.24) is 15.0 Å². The van der Waals surface area contributed by atoms with Crippen LogP contribution in [0.5, 0.6) is 0 Å². The average Bonchev–Trinajstić information content (AvgIpc) is 3.05. The molecule has 1 aromatic heterocycles. The number of carbonyl (C=O) groups is 1. The summed E-state index contributed by atoms with van der Waals surface area (Å²) in [6.07, 6.45) is 0.173. The van der Waals surface area contributed by atoms with Crippen molar-refractivity contribution in [2.75, 3.05) is 7.05 Å². The van der Waals surface area contributed by atoms with Crippen molar-refractivity contribution in [2.45, 2.75) is 13.0 Å². The van der Waals surface area contributed by atoms with Crippen molar-refractivity contribution in [2.24, 2.45) is 0 Å². The van der Waals surface area contributed by atoms with Gasteiger partial charge in [-0.3, -0.25) is 4.79 Å². The third-order valence-electron chi connectivity index (χ3n) is 3.62.